The molecule has 0 aliphatic heterocycles. The third kappa shape index (κ3) is 3.44. The van der Waals surface area contributed by atoms with Gasteiger partial charge < -0.3 is 10.0 Å². The van der Waals surface area contributed by atoms with Gasteiger partial charge in [0, 0.05) is 13.1 Å². The molecule has 0 saturated carbocycles. The van der Waals surface area contributed by atoms with Gasteiger partial charge in [0.15, 0.2) is 5.82 Å². The molecule has 1 aromatic carbocycles. The lowest BCUT2D eigenvalue weighted by Crippen LogP contribution is -2.27. The Hall–Kier alpha value is -2.37. The predicted molar refractivity (Wildman–Crippen MR) is 85.9 cm³/mol. The lowest BCUT2D eigenvalue weighted by Gasteiger charge is -2.20. The Morgan fingerprint density at radius 3 is 2.23 bits per heavy atom. The van der Waals surface area contributed by atoms with Crippen molar-refractivity contribution >= 4 is 11.8 Å². The Balaban J connectivity index is 2.44. The molecule has 1 N–H and O–H groups in total. The van der Waals surface area contributed by atoms with Crippen molar-refractivity contribution in [1.82, 2.24) is 15.0 Å². The van der Waals surface area contributed by atoms with Gasteiger partial charge in [-0.2, -0.15) is 0 Å². The SMILES string of the molecule is CCCN(CCC)c1nn(-c2ccc(C)cc2)nc1C(=O)O. The van der Waals surface area contributed by atoms with Crippen molar-refractivity contribution in [1.29, 1.82) is 0 Å². The summed E-state index contributed by atoms with van der Waals surface area (Å²) < 4.78 is 0. The number of aryl methyl sites for hydroxylation is 1. The van der Waals surface area contributed by atoms with E-state index in [0.29, 0.717) is 5.82 Å². The van der Waals surface area contributed by atoms with Gasteiger partial charge in [0.05, 0.1) is 5.69 Å². The van der Waals surface area contributed by atoms with Crippen molar-refractivity contribution in [2.24, 2.45) is 0 Å². The van der Waals surface area contributed by atoms with E-state index in [0.717, 1.165) is 37.2 Å². The zero-order valence-corrected chi connectivity index (χ0v) is 13.3. The van der Waals surface area contributed by atoms with E-state index in [1.165, 1.54) is 4.80 Å². The molecule has 0 bridgehead atoms. The van der Waals surface area contributed by atoms with Gasteiger partial charge in [-0.25, -0.2) is 4.79 Å². The minimum absolute atomic E-state index is 0.00229. The number of benzene rings is 1. The topological polar surface area (TPSA) is 71.2 Å². The molecule has 0 aliphatic rings. The van der Waals surface area contributed by atoms with Gasteiger partial charge in [0.2, 0.25) is 5.69 Å². The number of nitrogens with zero attached hydrogens (tertiary/aromatic N) is 4. The first-order valence-electron chi connectivity index (χ1n) is 7.59. The average molecular weight is 302 g/mol. The summed E-state index contributed by atoms with van der Waals surface area (Å²) in [6.07, 6.45) is 1.85. The zero-order valence-electron chi connectivity index (χ0n) is 13.3. The molecule has 6 nitrogen and oxygen atoms in total. The van der Waals surface area contributed by atoms with E-state index in [1.807, 2.05) is 36.1 Å². The molecule has 0 aliphatic carbocycles. The van der Waals surface area contributed by atoms with E-state index in [4.69, 9.17) is 0 Å². The van der Waals surface area contributed by atoms with Crippen molar-refractivity contribution in [2.45, 2.75) is 33.6 Å². The molecule has 0 fully saturated rings. The van der Waals surface area contributed by atoms with Crippen LogP contribution in [0.1, 0.15) is 42.7 Å². The molecule has 0 spiro atoms. The van der Waals surface area contributed by atoms with Crippen LogP contribution in [0.5, 0.6) is 0 Å². The standard InChI is InChI=1S/C16H22N4O2/c1-4-10-19(11-5-2)15-14(16(21)22)17-20(18-15)13-8-6-12(3)7-9-13/h6-9H,4-5,10-11H2,1-3H3,(H,21,22). The minimum Gasteiger partial charge on any atom is -0.476 e. The smallest absolute Gasteiger partial charge is 0.360 e. The highest BCUT2D eigenvalue weighted by Crippen LogP contribution is 2.19. The first kappa shape index (κ1) is 16.0. The van der Waals surface area contributed by atoms with Crippen LogP contribution in [0.3, 0.4) is 0 Å². The van der Waals surface area contributed by atoms with Crippen molar-refractivity contribution in [3.63, 3.8) is 0 Å². The fourth-order valence-corrected chi connectivity index (χ4v) is 2.31. The summed E-state index contributed by atoms with van der Waals surface area (Å²) in [5, 5.41) is 18.0. The largest absolute Gasteiger partial charge is 0.476 e. The van der Waals surface area contributed by atoms with Crippen molar-refractivity contribution in [2.75, 3.05) is 18.0 Å². The van der Waals surface area contributed by atoms with Crippen LogP contribution in [0.2, 0.25) is 0 Å². The molecule has 0 saturated heterocycles. The van der Waals surface area contributed by atoms with Crippen LogP contribution in [0.15, 0.2) is 24.3 Å². The molecule has 2 rings (SSSR count). The number of anilines is 1. The Labute approximate surface area is 130 Å². The third-order valence-corrected chi connectivity index (χ3v) is 3.35. The lowest BCUT2D eigenvalue weighted by molar-refractivity contribution is 0.0690. The van der Waals surface area contributed by atoms with Gasteiger partial charge in [0.25, 0.3) is 0 Å². The summed E-state index contributed by atoms with van der Waals surface area (Å²) in [5.74, 6) is -0.609. The fraction of sp³-hybridized carbons (Fsp3) is 0.438. The van der Waals surface area contributed by atoms with Gasteiger partial charge in [-0.3, -0.25) is 0 Å². The normalized spacial score (nSPS) is 10.7. The van der Waals surface area contributed by atoms with Crippen LogP contribution in [0.25, 0.3) is 5.69 Å². The lowest BCUT2D eigenvalue weighted by atomic mass is 10.2. The van der Waals surface area contributed by atoms with Gasteiger partial charge >= 0.3 is 5.97 Å². The van der Waals surface area contributed by atoms with Crippen LogP contribution in [0, 0.1) is 6.92 Å². The second-order valence-electron chi connectivity index (χ2n) is 5.29. The van der Waals surface area contributed by atoms with Gasteiger partial charge in [-0.15, -0.1) is 15.0 Å². The van der Waals surface area contributed by atoms with Gasteiger partial charge in [-0.05, 0) is 31.9 Å². The Morgan fingerprint density at radius 1 is 1.14 bits per heavy atom. The number of carboxylic acid groups (broad SMARTS) is 1. The number of hydrogen-bond donors (Lipinski definition) is 1. The maximum absolute atomic E-state index is 11.5. The molecular formula is C16H22N4O2. The predicted octanol–water partition coefficient (Wildman–Crippen LogP) is 2.90. The quantitative estimate of drug-likeness (QED) is 0.851. The van der Waals surface area contributed by atoms with E-state index in [9.17, 15) is 9.90 Å². The molecule has 22 heavy (non-hydrogen) atoms. The number of rotatable bonds is 7. The second-order valence-corrected chi connectivity index (χ2v) is 5.29. The summed E-state index contributed by atoms with van der Waals surface area (Å²) in [6.45, 7) is 7.65. The third-order valence-electron chi connectivity index (χ3n) is 3.35. The summed E-state index contributed by atoms with van der Waals surface area (Å²) in [5.41, 5.74) is 1.89. The summed E-state index contributed by atoms with van der Waals surface area (Å²) in [4.78, 5) is 14.9. The molecule has 1 heterocycles. The maximum Gasteiger partial charge on any atom is 0.360 e. The van der Waals surface area contributed by atoms with Gasteiger partial charge in [0.1, 0.15) is 0 Å². The fourth-order valence-electron chi connectivity index (χ4n) is 2.31. The van der Waals surface area contributed by atoms with E-state index in [-0.39, 0.29) is 5.69 Å². The number of aromatic nitrogens is 3. The van der Waals surface area contributed by atoms with Crippen LogP contribution in [0.4, 0.5) is 5.82 Å². The highest BCUT2D eigenvalue weighted by Gasteiger charge is 2.22. The molecule has 118 valence electrons. The van der Waals surface area contributed by atoms with Gasteiger partial charge in [-0.1, -0.05) is 31.5 Å². The van der Waals surface area contributed by atoms with Crippen LogP contribution < -0.4 is 4.90 Å². The molecule has 1 aromatic heterocycles. The Bertz CT molecular complexity index is 628. The number of carbonyl (C=O) groups is 1. The summed E-state index contributed by atoms with van der Waals surface area (Å²) >= 11 is 0. The second kappa shape index (κ2) is 7.06. The number of carboxylic acids is 1. The Morgan fingerprint density at radius 2 is 1.73 bits per heavy atom. The molecule has 0 radical (unpaired) electrons. The maximum atomic E-state index is 11.5. The molecule has 0 amide bonds. The summed E-state index contributed by atoms with van der Waals surface area (Å²) in [6, 6.07) is 7.67. The molecule has 2 aromatic rings. The monoisotopic (exact) mass is 302 g/mol. The van der Waals surface area contributed by atoms with Crippen LogP contribution >= 0.6 is 0 Å². The highest BCUT2D eigenvalue weighted by atomic mass is 16.4. The molecule has 6 heteroatoms. The minimum atomic E-state index is -1.05. The summed E-state index contributed by atoms with van der Waals surface area (Å²) in [7, 11) is 0. The van der Waals surface area contributed by atoms with Crippen LogP contribution in [-0.4, -0.2) is 39.2 Å². The first-order valence-corrected chi connectivity index (χ1v) is 7.59. The molecule has 0 atom stereocenters. The highest BCUT2D eigenvalue weighted by molar-refractivity contribution is 5.91. The van der Waals surface area contributed by atoms with E-state index in [2.05, 4.69) is 24.0 Å². The van der Waals surface area contributed by atoms with Crippen molar-refractivity contribution in [3.05, 3.63) is 35.5 Å². The van der Waals surface area contributed by atoms with E-state index in [1.54, 1.807) is 0 Å². The number of hydrogen-bond acceptors (Lipinski definition) is 4. The van der Waals surface area contributed by atoms with E-state index >= 15 is 0 Å². The first-order chi connectivity index (χ1) is 10.6. The van der Waals surface area contributed by atoms with E-state index < -0.39 is 5.97 Å². The van der Waals surface area contributed by atoms with Crippen LogP contribution in [-0.2, 0) is 0 Å². The van der Waals surface area contributed by atoms with Crippen molar-refractivity contribution < 1.29 is 9.90 Å². The molecule has 0 unspecified atom stereocenters. The average Bonchev–Trinajstić information content (AvgIpc) is 2.93. The van der Waals surface area contributed by atoms with Crippen molar-refractivity contribution in [3.8, 4) is 5.69 Å². The Kier molecular flexibility index (Phi) is 5.14. The zero-order chi connectivity index (χ0) is 16.1. The number of aromatic carboxylic acids is 1. The molecular weight excluding hydrogens is 280 g/mol.